The minimum Gasteiger partial charge on any atom is -0.325 e. The Morgan fingerprint density at radius 3 is 2.19 bits per heavy atom. The first-order chi connectivity index (χ1) is 12.7. The summed E-state index contributed by atoms with van der Waals surface area (Å²) in [6.45, 7) is 0. The molecular weight excluding hydrogens is 347 g/mol. The lowest BCUT2D eigenvalue weighted by Gasteiger charge is -2.07. The number of aromatic nitrogens is 1. The molecule has 1 amide bonds. The van der Waals surface area contributed by atoms with E-state index < -0.39 is 0 Å². The van der Waals surface area contributed by atoms with Crippen LogP contribution in [0, 0.1) is 5.82 Å². The molecule has 0 saturated heterocycles. The second kappa shape index (κ2) is 9.15. The number of carbonyl (C=O) groups excluding carboxylic acids is 1. The molecule has 3 rings (SSSR count). The molecule has 0 aliphatic carbocycles. The van der Waals surface area contributed by atoms with E-state index in [-0.39, 0.29) is 11.7 Å². The number of benzene rings is 2. The van der Waals surface area contributed by atoms with Crippen molar-refractivity contribution in [2.45, 2.75) is 12.2 Å². The summed E-state index contributed by atoms with van der Waals surface area (Å²) in [6, 6.07) is 18.2. The molecule has 0 aliphatic heterocycles. The van der Waals surface area contributed by atoms with Crippen LogP contribution in [-0.4, -0.2) is 16.6 Å². The fraction of sp³-hybridized carbons (Fsp3) is 0.143. The van der Waals surface area contributed by atoms with Crippen molar-refractivity contribution in [3.8, 4) is 0 Å². The largest absolute Gasteiger partial charge is 0.325 e. The van der Waals surface area contributed by atoms with Gasteiger partial charge in [-0.25, -0.2) is 4.39 Å². The zero-order valence-electron chi connectivity index (χ0n) is 14.2. The normalized spacial score (nSPS) is 10.5. The molecule has 1 heterocycles. The number of carbonyl (C=O) groups is 1. The van der Waals surface area contributed by atoms with Crippen molar-refractivity contribution in [2.24, 2.45) is 0 Å². The first-order valence-electron chi connectivity index (χ1n) is 8.29. The fourth-order valence-corrected chi connectivity index (χ4v) is 3.27. The van der Waals surface area contributed by atoms with E-state index in [9.17, 15) is 9.18 Å². The summed E-state index contributed by atoms with van der Waals surface area (Å²) in [7, 11) is 0. The van der Waals surface area contributed by atoms with Crippen molar-refractivity contribution < 1.29 is 9.18 Å². The highest BCUT2D eigenvalue weighted by atomic mass is 32.2. The molecule has 0 atom stereocenters. The van der Waals surface area contributed by atoms with E-state index in [0.29, 0.717) is 11.5 Å². The maximum Gasteiger partial charge on any atom is 0.234 e. The Balaban J connectivity index is 1.44. The predicted octanol–water partition coefficient (Wildman–Crippen LogP) is 4.68. The number of amides is 1. The lowest BCUT2D eigenvalue weighted by atomic mass is 10.1. The lowest BCUT2D eigenvalue weighted by molar-refractivity contribution is -0.113. The zero-order valence-corrected chi connectivity index (χ0v) is 15.0. The van der Waals surface area contributed by atoms with Gasteiger partial charge in [-0.05, 0) is 59.5 Å². The molecule has 0 saturated carbocycles. The van der Waals surface area contributed by atoms with Gasteiger partial charge in [0, 0.05) is 23.8 Å². The van der Waals surface area contributed by atoms with Gasteiger partial charge in [-0.15, -0.1) is 11.8 Å². The van der Waals surface area contributed by atoms with Gasteiger partial charge in [0.05, 0.1) is 5.75 Å². The van der Waals surface area contributed by atoms with Gasteiger partial charge in [0.2, 0.25) is 5.91 Å². The standard InChI is InChI=1S/C21H19FN2OS/c22-19-5-1-18(2-6-19)14-26-15-21(25)24-20-7-3-16(4-8-20)13-17-9-11-23-12-10-17/h1-12H,13-15H2,(H,24,25). The second-order valence-corrected chi connectivity index (χ2v) is 6.88. The summed E-state index contributed by atoms with van der Waals surface area (Å²) in [5.41, 5.74) is 4.18. The van der Waals surface area contributed by atoms with Gasteiger partial charge in [-0.3, -0.25) is 9.78 Å². The van der Waals surface area contributed by atoms with Crippen LogP contribution in [0.3, 0.4) is 0 Å². The SMILES string of the molecule is O=C(CSCc1ccc(F)cc1)Nc1ccc(Cc2ccncc2)cc1. The van der Waals surface area contributed by atoms with Crippen LogP contribution in [0.25, 0.3) is 0 Å². The average molecular weight is 366 g/mol. The van der Waals surface area contributed by atoms with Crippen LogP contribution in [0.15, 0.2) is 73.1 Å². The van der Waals surface area contributed by atoms with Gasteiger partial charge < -0.3 is 5.32 Å². The van der Waals surface area contributed by atoms with E-state index in [1.807, 2.05) is 36.4 Å². The van der Waals surface area contributed by atoms with Crippen molar-refractivity contribution in [3.05, 3.63) is 95.6 Å². The first-order valence-corrected chi connectivity index (χ1v) is 9.44. The van der Waals surface area contributed by atoms with Crippen LogP contribution >= 0.6 is 11.8 Å². The molecule has 3 aromatic rings. The van der Waals surface area contributed by atoms with Crippen molar-refractivity contribution in [2.75, 3.05) is 11.1 Å². The van der Waals surface area contributed by atoms with E-state index in [2.05, 4.69) is 10.3 Å². The molecule has 0 aliphatic rings. The molecule has 2 aromatic carbocycles. The summed E-state index contributed by atoms with van der Waals surface area (Å²) >= 11 is 1.50. The zero-order chi connectivity index (χ0) is 18.2. The molecule has 0 radical (unpaired) electrons. The van der Waals surface area contributed by atoms with Crippen LogP contribution in [-0.2, 0) is 17.0 Å². The number of pyridine rings is 1. The van der Waals surface area contributed by atoms with Crippen molar-refractivity contribution in [1.29, 1.82) is 0 Å². The molecule has 0 unspecified atom stereocenters. The third kappa shape index (κ3) is 5.70. The number of rotatable bonds is 7. The summed E-state index contributed by atoms with van der Waals surface area (Å²) in [6.07, 6.45) is 4.41. The molecule has 3 nitrogen and oxygen atoms in total. The summed E-state index contributed by atoms with van der Waals surface area (Å²) < 4.78 is 12.9. The Kier molecular flexibility index (Phi) is 6.39. The second-order valence-electron chi connectivity index (χ2n) is 5.90. The highest BCUT2D eigenvalue weighted by Crippen LogP contribution is 2.16. The van der Waals surface area contributed by atoms with Crippen LogP contribution in [0.4, 0.5) is 10.1 Å². The van der Waals surface area contributed by atoms with Gasteiger partial charge in [0.1, 0.15) is 5.82 Å². The highest BCUT2D eigenvalue weighted by molar-refractivity contribution is 7.99. The van der Waals surface area contributed by atoms with Crippen LogP contribution in [0.2, 0.25) is 0 Å². The van der Waals surface area contributed by atoms with Crippen LogP contribution < -0.4 is 5.32 Å². The number of anilines is 1. The molecule has 132 valence electrons. The number of halogens is 1. The maximum atomic E-state index is 12.9. The van der Waals surface area contributed by atoms with Crippen LogP contribution in [0.5, 0.6) is 0 Å². The Labute approximate surface area is 156 Å². The van der Waals surface area contributed by atoms with Gasteiger partial charge in [-0.1, -0.05) is 24.3 Å². The van der Waals surface area contributed by atoms with E-state index in [1.165, 1.54) is 35.0 Å². The molecule has 1 N–H and O–H groups in total. The highest BCUT2D eigenvalue weighted by Gasteiger charge is 2.04. The third-order valence-electron chi connectivity index (χ3n) is 3.81. The molecule has 0 fully saturated rings. The molecule has 26 heavy (non-hydrogen) atoms. The average Bonchev–Trinajstić information content (AvgIpc) is 2.66. The Morgan fingerprint density at radius 2 is 1.50 bits per heavy atom. The van der Waals surface area contributed by atoms with Gasteiger partial charge in [0.15, 0.2) is 0 Å². The molecule has 0 bridgehead atoms. The molecule has 1 aromatic heterocycles. The third-order valence-corrected chi connectivity index (χ3v) is 4.81. The van der Waals surface area contributed by atoms with Crippen molar-refractivity contribution >= 4 is 23.4 Å². The number of thioether (sulfide) groups is 1. The van der Waals surface area contributed by atoms with Gasteiger partial charge in [-0.2, -0.15) is 0 Å². The van der Waals surface area contributed by atoms with Gasteiger partial charge >= 0.3 is 0 Å². The van der Waals surface area contributed by atoms with Crippen LogP contribution in [0.1, 0.15) is 16.7 Å². The summed E-state index contributed by atoms with van der Waals surface area (Å²) in [5.74, 6) is 0.747. The van der Waals surface area contributed by atoms with E-state index in [0.717, 1.165) is 17.7 Å². The molecular formula is C21H19FN2OS. The number of nitrogens with one attached hydrogen (secondary N) is 1. The number of hydrogen-bond acceptors (Lipinski definition) is 3. The minimum absolute atomic E-state index is 0.0426. The number of nitrogens with zero attached hydrogens (tertiary/aromatic N) is 1. The summed E-state index contributed by atoms with van der Waals surface area (Å²) in [5, 5.41) is 2.90. The van der Waals surface area contributed by atoms with E-state index in [4.69, 9.17) is 0 Å². The topological polar surface area (TPSA) is 42.0 Å². The smallest absolute Gasteiger partial charge is 0.234 e. The van der Waals surface area contributed by atoms with Crippen molar-refractivity contribution in [3.63, 3.8) is 0 Å². The predicted molar refractivity (Wildman–Crippen MR) is 105 cm³/mol. The quantitative estimate of drug-likeness (QED) is 0.660. The molecule has 0 spiro atoms. The van der Waals surface area contributed by atoms with E-state index >= 15 is 0 Å². The number of hydrogen-bond donors (Lipinski definition) is 1. The first kappa shape index (κ1) is 18.1. The fourth-order valence-electron chi connectivity index (χ4n) is 2.48. The monoisotopic (exact) mass is 366 g/mol. The van der Waals surface area contributed by atoms with Crippen molar-refractivity contribution in [1.82, 2.24) is 4.98 Å². The van der Waals surface area contributed by atoms with Gasteiger partial charge in [0.25, 0.3) is 0 Å². The maximum absolute atomic E-state index is 12.9. The Morgan fingerprint density at radius 1 is 0.885 bits per heavy atom. The Bertz CT molecular complexity index is 836. The van der Waals surface area contributed by atoms with E-state index in [1.54, 1.807) is 24.5 Å². The lowest BCUT2D eigenvalue weighted by Crippen LogP contribution is -2.14. The molecule has 5 heteroatoms. The summed E-state index contributed by atoms with van der Waals surface area (Å²) in [4.78, 5) is 16.0. The Hall–Kier alpha value is -2.66. The minimum atomic E-state index is -0.246.